The van der Waals surface area contributed by atoms with E-state index in [0.717, 1.165) is 18.8 Å². The van der Waals surface area contributed by atoms with Crippen LogP contribution in [0, 0.1) is 0 Å². The minimum absolute atomic E-state index is 0.551. The number of halogens is 2. The zero-order valence-electron chi connectivity index (χ0n) is 8.74. The third-order valence-corrected chi connectivity index (χ3v) is 2.98. The predicted octanol–water partition coefficient (Wildman–Crippen LogP) is 1.74. The molecular weight excluding hydrogens is 200 g/mol. The molecule has 2 heterocycles. The van der Waals surface area contributed by atoms with Crippen molar-refractivity contribution < 1.29 is 8.78 Å². The molecule has 0 radical (unpaired) electrons. The van der Waals surface area contributed by atoms with Crippen LogP contribution in [-0.4, -0.2) is 33.5 Å². The number of hydrogen-bond acceptors (Lipinski definition) is 2. The van der Waals surface area contributed by atoms with Crippen LogP contribution < -0.4 is 0 Å². The van der Waals surface area contributed by atoms with E-state index in [2.05, 4.69) is 4.98 Å². The fraction of sp³-hybridized carbons (Fsp3) is 0.700. The molecule has 0 aromatic carbocycles. The Kier molecular flexibility index (Phi) is 3.00. The lowest BCUT2D eigenvalue weighted by Gasteiger charge is -2.40. The van der Waals surface area contributed by atoms with Gasteiger partial charge in [-0.05, 0) is 13.3 Å². The van der Waals surface area contributed by atoms with E-state index in [4.69, 9.17) is 0 Å². The van der Waals surface area contributed by atoms with E-state index < -0.39 is 12.5 Å². The third kappa shape index (κ3) is 2.02. The molecule has 1 aromatic rings. The third-order valence-electron chi connectivity index (χ3n) is 2.98. The van der Waals surface area contributed by atoms with Crippen LogP contribution in [0.5, 0.6) is 0 Å². The van der Waals surface area contributed by atoms with Crippen LogP contribution in [0.2, 0.25) is 0 Å². The Morgan fingerprint density at radius 1 is 1.60 bits per heavy atom. The number of aromatic nitrogens is 2. The maximum absolute atomic E-state index is 12.5. The Hall–Kier alpha value is -0.970. The average molecular weight is 215 g/mol. The van der Waals surface area contributed by atoms with Crippen LogP contribution in [-0.2, 0) is 13.1 Å². The van der Waals surface area contributed by atoms with E-state index in [9.17, 15) is 8.78 Å². The summed E-state index contributed by atoms with van der Waals surface area (Å²) >= 11 is 0. The summed E-state index contributed by atoms with van der Waals surface area (Å²) in [6, 6.07) is -0.551. The SMILES string of the molecule is CCn1cncc1CN1CC[C@H]1C(F)F. The number of likely N-dealkylation sites (tertiary alicyclic amines) is 1. The van der Waals surface area contributed by atoms with Gasteiger partial charge >= 0.3 is 0 Å². The van der Waals surface area contributed by atoms with Crippen molar-refractivity contribution >= 4 is 0 Å². The molecule has 0 saturated carbocycles. The summed E-state index contributed by atoms with van der Waals surface area (Å²) < 4.78 is 26.9. The summed E-state index contributed by atoms with van der Waals surface area (Å²) in [6.07, 6.45) is 1.88. The van der Waals surface area contributed by atoms with Gasteiger partial charge in [-0.25, -0.2) is 13.8 Å². The molecule has 0 N–H and O–H groups in total. The molecule has 0 spiro atoms. The van der Waals surface area contributed by atoms with Crippen molar-refractivity contribution in [3.8, 4) is 0 Å². The Balaban J connectivity index is 1.97. The molecule has 2 rings (SSSR count). The largest absolute Gasteiger partial charge is 0.334 e. The van der Waals surface area contributed by atoms with Gasteiger partial charge in [0.2, 0.25) is 0 Å². The number of aryl methyl sites for hydroxylation is 1. The van der Waals surface area contributed by atoms with E-state index in [1.807, 2.05) is 16.4 Å². The standard InChI is InChI=1S/C10H15F2N3/c1-2-14-7-13-5-8(14)6-15-4-3-9(15)10(11)12/h5,7,9-10H,2-4,6H2,1H3/t9-/m0/s1. The second-order valence-corrected chi connectivity index (χ2v) is 3.83. The van der Waals surface area contributed by atoms with Gasteiger partial charge in [0.25, 0.3) is 6.43 Å². The van der Waals surface area contributed by atoms with E-state index in [1.165, 1.54) is 0 Å². The van der Waals surface area contributed by atoms with E-state index >= 15 is 0 Å². The van der Waals surface area contributed by atoms with Gasteiger partial charge in [0.05, 0.1) is 18.1 Å². The van der Waals surface area contributed by atoms with Crippen molar-refractivity contribution in [2.75, 3.05) is 6.54 Å². The van der Waals surface area contributed by atoms with Crippen molar-refractivity contribution in [2.45, 2.75) is 38.9 Å². The predicted molar refractivity (Wildman–Crippen MR) is 52.7 cm³/mol. The first-order chi connectivity index (χ1) is 7.22. The van der Waals surface area contributed by atoms with Gasteiger partial charge in [0.1, 0.15) is 0 Å². The van der Waals surface area contributed by atoms with Crippen molar-refractivity contribution in [1.29, 1.82) is 0 Å². The Labute approximate surface area is 87.7 Å². The van der Waals surface area contributed by atoms with Crippen LogP contribution >= 0.6 is 0 Å². The lowest BCUT2D eigenvalue weighted by Crippen LogP contribution is -2.51. The molecule has 0 aliphatic carbocycles. The summed E-state index contributed by atoms with van der Waals surface area (Å²) in [4.78, 5) is 5.84. The summed E-state index contributed by atoms with van der Waals surface area (Å²) in [6.45, 7) is 4.21. The maximum Gasteiger partial charge on any atom is 0.253 e. The molecule has 1 atom stereocenters. The van der Waals surface area contributed by atoms with Gasteiger partial charge in [0.15, 0.2) is 0 Å². The molecule has 1 aromatic heterocycles. The maximum atomic E-state index is 12.5. The first kappa shape index (κ1) is 10.5. The topological polar surface area (TPSA) is 21.1 Å². The van der Waals surface area contributed by atoms with Crippen molar-refractivity contribution in [3.63, 3.8) is 0 Å². The van der Waals surface area contributed by atoms with E-state index in [1.54, 1.807) is 12.5 Å². The highest BCUT2D eigenvalue weighted by Gasteiger charge is 2.35. The van der Waals surface area contributed by atoms with E-state index in [0.29, 0.717) is 13.0 Å². The minimum atomic E-state index is -2.23. The molecule has 1 saturated heterocycles. The number of imidazole rings is 1. The summed E-state index contributed by atoms with van der Waals surface area (Å²) in [7, 11) is 0. The molecule has 84 valence electrons. The van der Waals surface area contributed by atoms with Crippen LogP contribution in [0.25, 0.3) is 0 Å². The monoisotopic (exact) mass is 215 g/mol. The van der Waals surface area contributed by atoms with E-state index in [-0.39, 0.29) is 0 Å². The Bertz CT molecular complexity index is 324. The molecule has 0 unspecified atom stereocenters. The summed E-state index contributed by atoms with van der Waals surface area (Å²) in [5.74, 6) is 0. The van der Waals surface area contributed by atoms with Gasteiger partial charge in [-0.2, -0.15) is 0 Å². The van der Waals surface area contributed by atoms with Crippen LogP contribution in [0.3, 0.4) is 0 Å². The van der Waals surface area contributed by atoms with Gasteiger partial charge in [0, 0.05) is 25.8 Å². The lowest BCUT2D eigenvalue weighted by molar-refractivity contribution is -0.0398. The van der Waals surface area contributed by atoms with Crippen molar-refractivity contribution in [1.82, 2.24) is 14.5 Å². The zero-order chi connectivity index (χ0) is 10.8. The number of alkyl halides is 2. The van der Waals surface area contributed by atoms with Crippen LogP contribution in [0.4, 0.5) is 8.78 Å². The van der Waals surface area contributed by atoms with Crippen LogP contribution in [0.1, 0.15) is 19.0 Å². The van der Waals surface area contributed by atoms with Gasteiger partial charge in [-0.3, -0.25) is 4.90 Å². The molecule has 0 amide bonds. The fourth-order valence-corrected chi connectivity index (χ4v) is 1.92. The second kappa shape index (κ2) is 4.26. The molecule has 1 fully saturated rings. The molecule has 0 bridgehead atoms. The molecule has 1 aliphatic heterocycles. The highest BCUT2D eigenvalue weighted by Crippen LogP contribution is 2.25. The minimum Gasteiger partial charge on any atom is -0.334 e. The molecule has 15 heavy (non-hydrogen) atoms. The van der Waals surface area contributed by atoms with Gasteiger partial charge in [-0.1, -0.05) is 0 Å². The van der Waals surface area contributed by atoms with Crippen molar-refractivity contribution in [3.05, 3.63) is 18.2 Å². The molecule has 3 nitrogen and oxygen atoms in total. The highest BCUT2D eigenvalue weighted by molar-refractivity contribution is 5.00. The van der Waals surface area contributed by atoms with Gasteiger partial charge < -0.3 is 4.57 Å². The Morgan fingerprint density at radius 3 is 2.93 bits per heavy atom. The highest BCUT2D eigenvalue weighted by atomic mass is 19.3. The average Bonchev–Trinajstić information content (AvgIpc) is 2.58. The zero-order valence-corrected chi connectivity index (χ0v) is 8.74. The van der Waals surface area contributed by atoms with Crippen LogP contribution in [0.15, 0.2) is 12.5 Å². The summed E-state index contributed by atoms with van der Waals surface area (Å²) in [5, 5.41) is 0. The number of hydrogen-bond donors (Lipinski definition) is 0. The van der Waals surface area contributed by atoms with Gasteiger partial charge in [-0.15, -0.1) is 0 Å². The quantitative estimate of drug-likeness (QED) is 0.762. The Morgan fingerprint density at radius 2 is 2.40 bits per heavy atom. The first-order valence-electron chi connectivity index (χ1n) is 5.23. The fourth-order valence-electron chi connectivity index (χ4n) is 1.92. The molecule has 1 aliphatic rings. The normalized spacial score (nSPS) is 22.0. The smallest absolute Gasteiger partial charge is 0.253 e. The second-order valence-electron chi connectivity index (χ2n) is 3.83. The molecular formula is C10H15F2N3. The lowest BCUT2D eigenvalue weighted by atomic mass is 10.0. The van der Waals surface area contributed by atoms with Crippen molar-refractivity contribution in [2.24, 2.45) is 0 Å². The molecule has 5 heteroatoms. The summed E-state index contributed by atoms with van der Waals surface area (Å²) in [5.41, 5.74) is 1.02. The first-order valence-corrected chi connectivity index (χ1v) is 5.23. The number of nitrogens with zero attached hydrogens (tertiary/aromatic N) is 3. The number of rotatable bonds is 4.